The van der Waals surface area contributed by atoms with Gasteiger partial charge in [-0.25, -0.2) is 9.78 Å². The molecule has 9 nitrogen and oxygen atoms in total. The Morgan fingerprint density at radius 3 is 2.70 bits per heavy atom. The Balaban J connectivity index is 1.25. The average Bonchev–Trinajstić information content (AvgIpc) is 3.40. The molecule has 27 heavy (non-hydrogen) atoms. The summed E-state index contributed by atoms with van der Waals surface area (Å²) in [6.07, 6.45) is 8.34. The molecular formula is C17H26N8OS. The highest BCUT2D eigenvalue weighted by Gasteiger charge is 2.22. The number of aromatic nitrogens is 4. The zero-order chi connectivity index (χ0) is 18.6. The van der Waals surface area contributed by atoms with Gasteiger partial charge < -0.3 is 14.8 Å². The molecule has 1 saturated carbocycles. The Morgan fingerprint density at radius 1 is 1.22 bits per heavy atom. The number of carbonyl (C=O) groups is 1. The molecule has 2 amide bonds. The van der Waals surface area contributed by atoms with E-state index in [4.69, 9.17) is 0 Å². The van der Waals surface area contributed by atoms with E-state index in [1.165, 1.54) is 24.2 Å². The van der Waals surface area contributed by atoms with Crippen LogP contribution in [0.15, 0.2) is 12.4 Å². The lowest BCUT2D eigenvalue weighted by atomic mass is 10.3. The maximum absolute atomic E-state index is 12.1. The highest BCUT2D eigenvalue weighted by Crippen LogP contribution is 2.25. The second-order valence-corrected chi connectivity index (χ2v) is 8.14. The van der Waals surface area contributed by atoms with Gasteiger partial charge in [-0.1, -0.05) is 24.2 Å². The van der Waals surface area contributed by atoms with Crippen molar-refractivity contribution in [3.63, 3.8) is 0 Å². The number of anilines is 2. The van der Waals surface area contributed by atoms with E-state index in [1.807, 2.05) is 19.4 Å². The number of carbonyl (C=O) groups excluding carboxylic acids is 1. The fourth-order valence-corrected chi connectivity index (χ4v) is 4.42. The van der Waals surface area contributed by atoms with Crippen LogP contribution in [0.3, 0.4) is 0 Å². The molecule has 2 N–H and O–H groups in total. The quantitative estimate of drug-likeness (QED) is 0.807. The number of amides is 2. The highest BCUT2D eigenvalue weighted by atomic mass is 32.1. The van der Waals surface area contributed by atoms with Crippen LogP contribution in [-0.2, 0) is 13.6 Å². The maximum atomic E-state index is 12.1. The molecule has 2 aliphatic rings. The summed E-state index contributed by atoms with van der Waals surface area (Å²) in [6.45, 7) is 4.57. The van der Waals surface area contributed by atoms with Gasteiger partial charge in [0.05, 0.1) is 6.54 Å². The first-order valence-electron chi connectivity index (χ1n) is 9.52. The summed E-state index contributed by atoms with van der Waals surface area (Å²) in [5.41, 5.74) is 0. The number of imidazole rings is 1. The number of aryl methyl sites for hydroxylation is 1. The van der Waals surface area contributed by atoms with E-state index in [1.54, 1.807) is 0 Å². The van der Waals surface area contributed by atoms with Crippen molar-refractivity contribution in [2.75, 3.05) is 36.4 Å². The molecule has 4 rings (SSSR count). The predicted molar refractivity (Wildman–Crippen MR) is 105 cm³/mol. The van der Waals surface area contributed by atoms with Crippen molar-refractivity contribution in [3.05, 3.63) is 18.2 Å². The minimum absolute atomic E-state index is 0.176. The molecule has 0 spiro atoms. The number of hydrogen-bond acceptors (Lipinski definition) is 7. The lowest BCUT2D eigenvalue weighted by Crippen LogP contribution is -2.46. The first kappa shape index (κ1) is 18.2. The summed E-state index contributed by atoms with van der Waals surface area (Å²) >= 11 is 1.43. The third kappa shape index (κ3) is 4.56. The Hall–Kier alpha value is -2.20. The SMILES string of the molecule is Cn1ccnc1CN1CCN(c2nnc(NC(=O)NC3CCCC3)s2)CC1. The highest BCUT2D eigenvalue weighted by molar-refractivity contribution is 7.19. The van der Waals surface area contributed by atoms with Crippen LogP contribution in [0.2, 0.25) is 0 Å². The fraction of sp³-hybridized carbons (Fsp3) is 0.647. The molecule has 2 fully saturated rings. The van der Waals surface area contributed by atoms with Crippen molar-refractivity contribution in [1.29, 1.82) is 0 Å². The van der Waals surface area contributed by atoms with Gasteiger partial charge in [-0.15, -0.1) is 10.2 Å². The molecule has 146 valence electrons. The summed E-state index contributed by atoms with van der Waals surface area (Å²) < 4.78 is 2.06. The Bertz CT molecular complexity index is 761. The number of hydrogen-bond donors (Lipinski definition) is 2. The molecule has 10 heteroatoms. The van der Waals surface area contributed by atoms with Crippen LogP contribution in [0, 0.1) is 0 Å². The van der Waals surface area contributed by atoms with Crippen LogP contribution in [0.4, 0.5) is 15.1 Å². The van der Waals surface area contributed by atoms with Crippen LogP contribution < -0.4 is 15.5 Å². The maximum Gasteiger partial charge on any atom is 0.321 e. The Kier molecular flexibility index (Phi) is 5.53. The molecule has 0 atom stereocenters. The second kappa shape index (κ2) is 8.22. The third-order valence-corrected chi connectivity index (χ3v) is 6.15. The van der Waals surface area contributed by atoms with Gasteiger partial charge in [0.2, 0.25) is 10.3 Å². The van der Waals surface area contributed by atoms with Crippen LogP contribution in [0.25, 0.3) is 0 Å². The van der Waals surface area contributed by atoms with Crippen LogP contribution in [-0.4, -0.2) is 62.9 Å². The van der Waals surface area contributed by atoms with Crippen molar-refractivity contribution < 1.29 is 4.79 Å². The van der Waals surface area contributed by atoms with Gasteiger partial charge in [0, 0.05) is 51.7 Å². The molecular weight excluding hydrogens is 364 g/mol. The average molecular weight is 391 g/mol. The zero-order valence-electron chi connectivity index (χ0n) is 15.6. The Labute approximate surface area is 162 Å². The van der Waals surface area contributed by atoms with Crippen molar-refractivity contribution in [2.45, 2.75) is 38.3 Å². The minimum atomic E-state index is -0.176. The predicted octanol–water partition coefficient (Wildman–Crippen LogP) is 1.66. The molecule has 0 unspecified atom stereocenters. The van der Waals surface area contributed by atoms with E-state index in [9.17, 15) is 4.79 Å². The van der Waals surface area contributed by atoms with Crippen LogP contribution in [0.1, 0.15) is 31.5 Å². The second-order valence-electron chi connectivity index (χ2n) is 7.19. The van der Waals surface area contributed by atoms with Gasteiger partial charge in [-0.2, -0.15) is 0 Å². The number of piperazine rings is 1. The lowest BCUT2D eigenvalue weighted by molar-refractivity contribution is 0.241. The van der Waals surface area contributed by atoms with Gasteiger partial charge in [0.15, 0.2) is 0 Å². The van der Waals surface area contributed by atoms with Crippen LogP contribution >= 0.6 is 11.3 Å². The standard InChI is InChI=1S/C17H26N8OS/c1-23-7-6-18-14(23)12-24-8-10-25(11-9-24)17-22-21-16(27-17)20-15(26)19-13-4-2-3-5-13/h6-7,13H,2-5,8-12H2,1H3,(H2,19,20,21,26). The molecule has 0 radical (unpaired) electrons. The van der Waals surface area contributed by atoms with E-state index in [-0.39, 0.29) is 6.03 Å². The minimum Gasteiger partial charge on any atom is -0.344 e. The largest absolute Gasteiger partial charge is 0.344 e. The Morgan fingerprint density at radius 2 is 2.00 bits per heavy atom. The first-order chi connectivity index (χ1) is 13.2. The molecule has 0 aromatic carbocycles. The van der Waals surface area contributed by atoms with E-state index in [2.05, 4.69) is 40.2 Å². The molecule has 0 bridgehead atoms. The summed E-state index contributed by atoms with van der Waals surface area (Å²) in [7, 11) is 2.03. The summed E-state index contributed by atoms with van der Waals surface area (Å²) in [4.78, 5) is 21.1. The van der Waals surface area contributed by atoms with E-state index >= 15 is 0 Å². The molecule has 1 aliphatic heterocycles. The third-order valence-electron chi connectivity index (χ3n) is 5.25. The molecule has 1 aliphatic carbocycles. The van der Waals surface area contributed by atoms with E-state index in [0.717, 1.165) is 56.5 Å². The monoisotopic (exact) mass is 390 g/mol. The smallest absolute Gasteiger partial charge is 0.321 e. The molecule has 2 aromatic rings. The topological polar surface area (TPSA) is 91.2 Å². The van der Waals surface area contributed by atoms with Crippen molar-refractivity contribution >= 4 is 27.6 Å². The number of nitrogens with zero attached hydrogens (tertiary/aromatic N) is 6. The lowest BCUT2D eigenvalue weighted by Gasteiger charge is -2.33. The van der Waals surface area contributed by atoms with Gasteiger partial charge in [0.25, 0.3) is 0 Å². The number of nitrogens with one attached hydrogen (secondary N) is 2. The number of rotatable bonds is 5. The normalized spacial score (nSPS) is 18.8. The van der Waals surface area contributed by atoms with Crippen molar-refractivity contribution in [2.24, 2.45) is 7.05 Å². The first-order valence-corrected chi connectivity index (χ1v) is 10.3. The van der Waals surface area contributed by atoms with E-state index < -0.39 is 0 Å². The zero-order valence-corrected chi connectivity index (χ0v) is 16.4. The summed E-state index contributed by atoms with van der Waals surface area (Å²) in [5, 5.41) is 15.6. The number of urea groups is 1. The van der Waals surface area contributed by atoms with Crippen LogP contribution in [0.5, 0.6) is 0 Å². The molecule has 3 heterocycles. The van der Waals surface area contributed by atoms with Gasteiger partial charge in [-0.05, 0) is 12.8 Å². The summed E-state index contributed by atoms with van der Waals surface area (Å²) in [5.74, 6) is 1.08. The fourth-order valence-electron chi connectivity index (χ4n) is 3.63. The molecule has 1 saturated heterocycles. The van der Waals surface area contributed by atoms with E-state index in [0.29, 0.717) is 11.2 Å². The molecule has 2 aromatic heterocycles. The van der Waals surface area contributed by atoms with Gasteiger partial charge >= 0.3 is 6.03 Å². The van der Waals surface area contributed by atoms with Crippen molar-refractivity contribution in [3.8, 4) is 0 Å². The summed E-state index contributed by atoms with van der Waals surface area (Å²) in [6, 6.07) is 0.119. The van der Waals surface area contributed by atoms with Crippen molar-refractivity contribution in [1.82, 2.24) is 30.0 Å². The van der Waals surface area contributed by atoms with Gasteiger partial charge in [-0.3, -0.25) is 10.2 Å². The van der Waals surface area contributed by atoms with Gasteiger partial charge in [0.1, 0.15) is 5.82 Å².